The van der Waals surface area contributed by atoms with Gasteiger partial charge in [-0.25, -0.2) is 9.48 Å². The molecule has 0 fully saturated rings. The fraction of sp³-hybridized carbons (Fsp3) is 0.231. The Morgan fingerprint density at radius 3 is 2.65 bits per heavy atom. The molecule has 4 heteroatoms. The van der Waals surface area contributed by atoms with Crippen molar-refractivity contribution in [3.8, 4) is 5.69 Å². The minimum absolute atomic E-state index is 0.359. The van der Waals surface area contributed by atoms with Crippen molar-refractivity contribution in [3.05, 3.63) is 47.3 Å². The van der Waals surface area contributed by atoms with Crippen LogP contribution in [-0.4, -0.2) is 22.9 Å². The fourth-order valence-electron chi connectivity index (χ4n) is 1.71. The molecular weight excluding hydrogens is 216 g/mol. The fourth-order valence-corrected chi connectivity index (χ4v) is 1.71. The lowest BCUT2D eigenvalue weighted by atomic mass is 10.2. The Bertz CT molecular complexity index is 558. The monoisotopic (exact) mass is 230 g/mol. The van der Waals surface area contributed by atoms with Crippen LogP contribution in [0.5, 0.6) is 0 Å². The van der Waals surface area contributed by atoms with Crippen molar-refractivity contribution >= 4 is 5.97 Å². The Hall–Kier alpha value is -2.10. The number of carbonyl (C=O) groups excluding carboxylic acids is 1. The lowest BCUT2D eigenvalue weighted by molar-refractivity contribution is 0.0600. The summed E-state index contributed by atoms with van der Waals surface area (Å²) in [6, 6.07) is 7.88. The number of methoxy groups -OCH3 is 1. The summed E-state index contributed by atoms with van der Waals surface area (Å²) in [6.45, 7) is 3.80. The number of hydrogen-bond acceptors (Lipinski definition) is 3. The van der Waals surface area contributed by atoms with Crippen LogP contribution in [0.3, 0.4) is 0 Å². The van der Waals surface area contributed by atoms with Gasteiger partial charge in [-0.05, 0) is 25.5 Å². The van der Waals surface area contributed by atoms with Gasteiger partial charge in [-0.1, -0.05) is 18.2 Å². The Kier molecular flexibility index (Phi) is 2.95. The molecule has 0 spiro atoms. The van der Waals surface area contributed by atoms with E-state index in [0.717, 1.165) is 11.3 Å². The van der Waals surface area contributed by atoms with Gasteiger partial charge < -0.3 is 4.74 Å². The van der Waals surface area contributed by atoms with Gasteiger partial charge in [-0.3, -0.25) is 0 Å². The molecule has 0 radical (unpaired) electrons. The summed E-state index contributed by atoms with van der Waals surface area (Å²) in [6.07, 6.45) is 1.70. The molecule has 17 heavy (non-hydrogen) atoms. The van der Waals surface area contributed by atoms with Gasteiger partial charge in [0.1, 0.15) is 5.56 Å². The topological polar surface area (TPSA) is 44.1 Å². The van der Waals surface area contributed by atoms with Crippen molar-refractivity contribution in [2.75, 3.05) is 7.11 Å². The summed E-state index contributed by atoms with van der Waals surface area (Å²) in [4.78, 5) is 11.5. The number of aryl methyl sites for hydroxylation is 2. The second kappa shape index (κ2) is 4.41. The Morgan fingerprint density at radius 2 is 2.00 bits per heavy atom. The molecule has 1 aromatic carbocycles. The van der Waals surface area contributed by atoms with Gasteiger partial charge in [0.05, 0.1) is 18.5 Å². The zero-order valence-electron chi connectivity index (χ0n) is 10.1. The van der Waals surface area contributed by atoms with Gasteiger partial charge in [0.25, 0.3) is 0 Å². The first-order valence-corrected chi connectivity index (χ1v) is 5.34. The van der Waals surface area contributed by atoms with E-state index in [0.29, 0.717) is 11.3 Å². The minimum Gasteiger partial charge on any atom is -0.465 e. The molecule has 0 aliphatic carbocycles. The maximum absolute atomic E-state index is 11.5. The zero-order valence-corrected chi connectivity index (χ0v) is 10.1. The first-order chi connectivity index (χ1) is 8.13. The van der Waals surface area contributed by atoms with E-state index in [4.69, 9.17) is 4.74 Å². The number of carbonyl (C=O) groups is 1. The molecule has 0 bridgehead atoms. The molecule has 0 aliphatic rings. The Labute approximate surface area is 99.8 Å². The van der Waals surface area contributed by atoms with E-state index in [1.165, 1.54) is 7.11 Å². The van der Waals surface area contributed by atoms with Crippen LogP contribution in [0.4, 0.5) is 0 Å². The van der Waals surface area contributed by atoms with Gasteiger partial charge in [0, 0.05) is 6.20 Å². The largest absolute Gasteiger partial charge is 0.465 e. The Balaban J connectivity index is 2.49. The molecule has 0 unspecified atom stereocenters. The van der Waals surface area contributed by atoms with E-state index in [1.54, 1.807) is 17.8 Å². The first-order valence-electron chi connectivity index (χ1n) is 5.34. The van der Waals surface area contributed by atoms with Crippen LogP contribution in [-0.2, 0) is 4.74 Å². The highest BCUT2D eigenvalue weighted by Gasteiger charge is 2.14. The molecule has 0 atom stereocenters. The lowest BCUT2D eigenvalue weighted by Crippen LogP contribution is -2.01. The molecule has 0 N–H and O–H groups in total. The quantitative estimate of drug-likeness (QED) is 0.743. The molecule has 0 saturated heterocycles. The van der Waals surface area contributed by atoms with Gasteiger partial charge in [-0.2, -0.15) is 5.10 Å². The number of nitrogens with zero attached hydrogens (tertiary/aromatic N) is 2. The minimum atomic E-state index is -0.359. The van der Waals surface area contributed by atoms with Crippen molar-refractivity contribution in [3.63, 3.8) is 0 Å². The highest BCUT2D eigenvalue weighted by Crippen LogP contribution is 2.15. The predicted molar refractivity (Wildman–Crippen MR) is 64.4 cm³/mol. The average molecular weight is 230 g/mol. The highest BCUT2D eigenvalue weighted by molar-refractivity contribution is 5.90. The van der Waals surface area contributed by atoms with E-state index in [-0.39, 0.29) is 5.97 Å². The van der Waals surface area contributed by atoms with Gasteiger partial charge in [0.2, 0.25) is 0 Å². The second-order valence-electron chi connectivity index (χ2n) is 3.85. The summed E-state index contributed by atoms with van der Waals surface area (Å²) in [5, 5.41) is 4.33. The van der Waals surface area contributed by atoms with Crippen molar-refractivity contribution < 1.29 is 9.53 Å². The maximum atomic E-state index is 11.5. The standard InChI is InChI=1S/C13H14N2O2/c1-9-6-4-5-7-12(9)15-8-11(10(2)14-15)13(16)17-3/h4-8H,1-3H3. The molecule has 2 aromatic rings. The molecule has 0 aliphatic heterocycles. The number of hydrogen-bond donors (Lipinski definition) is 0. The third-order valence-corrected chi connectivity index (χ3v) is 2.67. The zero-order chi connectivity index (χ0) is 12.4. The summed E-state index contributed by atoms with van der Waals surface area (Å²) in [5.41, 5.74) is 3.23. The van der Waals surface area contributed by atoms with E-state index >= 15 is 0 Å². The highest BCUT2D eigenvalue weighted by atomic mass is 16.5. The van der Waals surface area contributed by atoms with E-state index in [2.05, 4.69) is 5.10 Å². The smallest absolute Gasteiger partial charge is 0.341 e. The van der Waals surface area contributed by atoms with Crippen molar-refractivity contribution in [1.82, 2.24) is 9.78 Å². The van der Waals surface area contributed by atoms with E-state index in [1.807, 2.05) is 31.2 Å². The lowest BCUT2D eigenvalue weighted by Gasteiger charge is -2.04. The molecular formula is C13H14N2O2. The van der Waals surface area contributed by atoms with Crippen LogP contribution in [0.25, 0.3) is 5.69 Å². The molecule has 2 rings (SSSR count). The number of benzene rings is 1. The average Bonchev–Trinajstić information content (AvgIpc) is 2.71. The first kappa shape index (κ1) is 11.4. The van der Waals surface area contributed by atoms with E-state index < -0.39 is 0 Å². The molecule has 4 nitrogen and oxygen atoms in total. The van der Waals surface area contributed by atoms with Crippen molar-refractivity contribution in [2.24, 2.45) is 0 Å². The van der Waals surface area contributed by atoms with Crippen LogP contribution in [0.1, 0.15) is 21.6 Å². The molecule has 0 saturated carbocycles. The molecule has 1 aromatic heterocycles. The third kappa shape index (κ3) is 2.06. The van der Waals surface area contributed by atoms with Crippen LogP contribution >= 0.6 is 0 Å². The summed E-state index contributed by atoms with van der Waals surface area (Å²) in [7, 11) is 1.37. The van der Waals surface area contributed by atoms with E-state index in [9.17, 15) is 4.79 Å². The number of rotatable bonds is 2. The normalized spacial score (nSPS) is 10.3. The van der Waals surface area contributed by atoms with Crippen LogP contribution in [0.2, 0.25) is 0 Å². The summed E-state index contributed by atoms with van der Waals surface area (Å²) >= 11 is 0. The van der Waals surface area contributed by atoms with Crippen molar-refractivity contribution in [1.29, 1.82) is 0 Å². The molecule has 1 heterocycles. The van der Waals surface area contributed by atoms with Crippen LogP contribution < -0.4 is 0 Å². The summed E-state index contributed by atoms with van der Waals surface area (Å²) in [5.74, 6) is -0.359. The number of aromatic nitrogens is 2. The number of ether oxygens (including phenoxy) is 1. The molecule has 88 valence electrons. The van der Waals surface area contributed by atoms with Crippen molar-refractivity contribution in [2.45, 2.75) is 13.8 Å². The second-order valence-corrected chi connectivity index (χ2v) is 3.85. The maximum Gasteiger partial charge on any atom is 0.341 e. The molecule has 0 amide bonds. The Morgan fingerprint density at radius 1 is 1.29 bits per heavy atom. The van der Waals surface area contributed by atoms with Gasteiger partial charge in [-0.15, -0.1) is 0 Å². The SMILES string of the molecule is COC(=O)c1cn(-c2ccccc2C)nc1C. The summed E-state index contributed by atoms with van der Waals surface area (Å²) < 4.78 is 6.41. The van der Waals surface area contributed by atoms with Gasteiger partial charge in [0.15, 0.2) is 0 Å². The van der Waals surface area contributed by atoms with Crippen LogP contribution in [0.15, 0.2) is 30.5 Å². The number of para-hydroxylation sites is 1. The van der Waals surface area contributed by atoms with Crippen LogP contribution in [0, 0.1) is 13.8 Å². The third-order valence-electron chi connectivity index (χ3n) is 2.67. The predicted octanol–water partition coefficient (Wildman–Crippen LogP) is 2.28. The number of esters is 1. The van der Waals surface area contributed by atoms with Gasteiger partial charge >= 0.3 is 5.97 Å².